The molecule has 0 radical (unpaired) electrons. The normalized spacial score (nSPS) is 18.5. The van der Waals surface area contributed by atoms with E-state index in [1.807, 2.05) is 16.9 Å². The fourth-order valence-electron chi connectivity index (χ4n) is 3.23. The molecule has 1 atom stereocenters. The smallest absolute Gasteiger partial charge is 0.248 e. The van der Waals surface area contributed by atoms with Crippen LogP contribution in [0.2, 0.25) is 0 Å². The van der Waals surface area contributed by atoms with Crippen LogP contribution in [0.4, 0.5) is 0 Å². The van der Waals surface area contributed by atoms with E-state index in [9.17, 15) is 4.79 Å². The Labute approximate surface area is 141 Å². The molecule has 2 aromatic heterocycles. The lowest BCUT2D eigenvalue weighted by Gasteiger charge is -2.37. The number of nitrogens with zero attached hydrogens (tertiary/aromatic N) is 2. The van der Waals surface area contributed by atoms with Gasteiger partial charge in [0.15, 0.2) is 0 Å². The zero-order chi connectivity index (χ0) is 16.3. The molecule has 5 nitrogen and oxygen atoms in total. The molecule has 2 N–H and O–H groups in total. The van der Waals surface area contributed by atoms with Crippen molar-refractivity contribution in [1.29, 1.82) is 0 Å². The number of thiophene rings is 1. The molecule has 1 saturated heterocycles. The Bertz CT molecular complexity index is 643. The quantitative estimate of drug-likeness (QED) is 0.881. The monoisotopic (exact) mass is 332 g/mol. The van der Waals surface area contributed by atoms with Crippen molar-refractivity contribution in [2.24, 2.45) is 0 Å². The van der Waals surface area contributed by atoms with Gasteiger partial charge in [-0.1, -0.05) is 0 Å². The van der Waals surface area contributed by atoms with Crippen LogP contribution in [-0.4, -0.2) is 34.8 Å². The predicted octanol–water partition coefficient (Wildman–Crippen LogP) is 2.08. The van der Waals surface area contributed by atoms with Crippen LogP contribution in [0.1, 0.15) is 29.5 Å². The summed E-state index contributed by atoms with van der Waals surface area (Å²) in [6.45, 7) is 5.86. The zero-order valence-corrected chi connectivity index (χ0v) is 14.5. The largest absolute Gasteiger partial charge is 0.351 e. The number of nitrogens with one attached hydrogen (secondary N) is 2. The lowest BCUT2D eigenvalue weighted by molar-refractivity contribution is -0.132. The molecule has 2 aromatic rings. The Morgan fingerprint density at radius 2 is 2.26 bits per heavy atom. The predicted molar refractivity (Wildman–Crippen MR) is 92.7 cm³/mol. The van der Waals surface area contributed by atoms with Gasteiger partial charge >= 0.3 is 0 Å². The highest BCUT2D eigenvalue weighted by Crippen LogP contribution is 2.27. The highest BCUT2D eigenvalue weighted by molar-refractivity contribution is 7.11. The molecule has 0 bridgehead atoms. The van der Waals surface area contributed by atoms with Crippen LogP contribution < -0.4 is 10.6 Å². The summed E-state index contributed by atoms with van der Waals surface area (Å²) in [4.78, 5) is 15.7. The minimum absolute atomic E-state index is 0.0866. The first kappa shape index (κ1) is 16.2. The number of aromatic nitrogens is 2. The van der Waals surface area contributed by atoms with Gasteiger partial charge in [0.1, 0.15) is 5.54 Å². The maximum atomic E-state index is 13.0. The standard InChI is InChI=1S/C17H24N4OS/c1-13(12-15-5-4-14(2)23-15)20-16(22)17(6-9-18-10-7-17)21-11-3-8-19-21/h3-5,8,11,13,18H,6-7,9-10,12H2,1-2H3,(H,20,22). The summed E-state index contributed by atoms with van der Waals surface area (Å²) in [6.07, 6.45) is 6.06. The molecule has 0 saturated carbocycles. The van der Waals surface area contributed by atoms with Crippen LogP contribution >= 0.6 is 11.3 Å². The molecule has 0 aromatic carbocycles. The Morgan fingerprint density at radius 3 is 2.87 bits per heavy atom. The average molecular weight is 332 g/mol. The van der Waals surface area contributed by atoms with Gasteiger partial charge in [0, 0.05) is 34.6 Å². The third-order valence-corrected chi connectivity index (χ3v) is 5.50. The molecule has 3 rings (SSSR count). The summed E-state index contributed by atoms with van der Waals surface area (Å²) in [6, 6.07) is 6.28. The van der Waals surface area contributed by atoms with E-state index >= 15 is 0 Å². The highest BCUT2D eigenvalue weighted by Gasteiger charge is 2.42. The van der Waals surface area contributed by atoms with Crippen LogP contribution in [-0.2, 0) is 16.8 Å². The van der Waals surface area contributed by atoms with E-state index in [1.54, 1.807) is 17.5 Å². The minimum Gasteiger partial charge on any atom is -0.351 e. The minimum atomic E-state index is -0.561. The van der Waals surface area contributed by atoms with E-state index in [-0.39, 0.29) is 11.9 Å². The number of rotatable bonds is 5. The summed E-state index contributed by atoms with van der Waals surface area (Å²) in [5.74, 6) is 0.0866. The van der Waals surface area contributed by atoms with Crippen molar-refractivity contribution in [2.75, 3.05) is 13.1 Å². The van der Waals surface area contributed by atoms with Crippen LogP contribution in [0, 0.1) is 6.92 Å². The maximum Gasteiger partial charge on any atom is 0.248 e. The number of piperidine rings is 1. The Morgan fingerprint density at radius 1 is 1.48 bits per heavy atom. The number of carbonyl (C=O) groups excluding carboxylic acids is 1. The van der Waals surface area contributed by atoms with Crippen molar-refractivity contribution in [3.63, 3.8) is 0 Å². The fraction of sp³-hybridized carbons (Fsp3) is 0.529. The molecule has 0 aliphatic carbocycles. The van der Waals surface area contributed by atoms with Crippen molar-refractivity contribution in [3.05, 3.63) is 40.3 Å². The molecule has 1 aliphatic heterocycles. The molecule has 23 heavy (non-hydrogen) atoms. The van der Waals surface area contributed by atoms with E-state index in [0.717, 1.165) is 32.4 Å². The molecule has 6 heteroatoms. The van der Waals surface area contributed by atoms with E-state index < -0.39 is 5.54 Å². The van der Waals surface area contributed by atoms with Gasteiger partial charge in [-0.15, -0.1) is 11.3 Å². The van der Waals surface area contributed by atoms with Gasteiger partial charge in [-0.2, -0.15) is 5.10 Å². The lowest BCUT2D eigenvalue weighted by Crippen LogP contribution is -2.56. The maximum absolute atomic E-state index is 13.0. The second-order valence-electron chi connectivity index (χ2n) is 6.32. The third-order valence-electron chi connectivity index (χ3n) is 4.48. The molecule has 0 spiro atoms. The highest BCUT2D eigenvalue weighted by atomic mass is 32.1. The topological polar surface area (TPSA) is 59.0 Å². The first-order chi connectivity index (χ1) is 11.1. The second-order valence-corrected chi connectivity index (χ2v) is 7.70. The first-order valence-electron chi connectivity index (χ1n) is 8.17. The van der Waals surface area contributed by atoms with Gasteiger partial charge in [-0.25, -0.2) is 0 Å². The van der Waals surface area contributed by atoms with E-state index in [1.165, 1.54) is 9.75 Å². The molecular weight excluding hydrogens is 308 g/mol. The average Bonchev–Trinajstić information content (AvgIpc) is 3.20. The molecule has 1 amide bonds. The SMILES string of the molecule is Cc1ccc(CC(C)NC(=O)C2(n3cccn3)CCNCC2)s1. The van der Waals surface area contributed by atoms with Crippen LogP contribution in [0.15, 0.2) is 30.6 Å². The molecule has 3 heterocycles. The van der Waals surface area contributed by atoms with Gasteiger partial charge in [0.05, 0.1) is 0 Å². The van der Waals surface area contributed by atoms with Gasteiger partial charge in [0.25, 0.3) is 0 Å². The molecular formula is C17H24N4OS. The lowest BCUT2D eigenvalue weighted by atomic mass is 9.87. The molecule has 1 unspecified atom stereocenters. The molecule has 124 valence electrons. The van der Waals surface area contributed by atoms with E-state index in [4.69, 9.17) is 0 Å². The van der Waals surface area contributed by atoms with Gasteiger partial charge in [-0.05, 0) is 58.0 Å². The number of hydrogen-bond donors (Lipinski definition) is 2. The second kappa shape index (κ2) is 6.84. The Balaban J connectivity index is 1.71. The van der Waals surface area contributed by atoms with Crippen molar-refractivity contribution >= 4 is 17.2 Å². The van der Waals surface area contributed by atoms with E-state index in [0.29, 0.717) is 0 Å². The Hall–Kier alpha value is -1.66. The third kappa shape index (κ3) is 3.48. The van der Waals surface area contributed by atoms with Crippen molar-refractivity contribution in [1.82, 2.24) is 20.4 Å². The number of hydrogen-bond acceptors (Lipinski definition) is 4. The van der Waals surface area contributed by atoms with Crippen molar-refractivity contribution < 1.29 is 4.79 Å². The Kier molecular flexibility index (Phi) is 4.82. The number of aryl methyl sites for hydroxylation is 1. The number of amides is 1. The van der Waals surface area contributed by atoms with Gasteiger partial charge in [-0.3, -0.25) is 9.48 Å². The van der Waals surface area contributed by atoms with Crippen LogP contribution in [0.5, 0.6) is 0 Å². The van der Waals surface area contributed by atoms with Gasteiger partial charge in [0.2, 0.25) is 5.91 Å². The van der Waals surface area contributed by atoms with Crippen LogP contribution in [0.25, 0.3) is 0 Å². The first-order valence-corrected chi connectivity index (χ1v) is 8.99. The van der Waals surface area contributed by atoms with Crippen molar-refractivity contribution in [2.45, 2.75) is 44.7 Å². The summed E-state index contributed by atoms with van der Waals surface area (Å²) in [7, 11) is 0. The van der Waals surface area contributed by atoms with Crippen LogP contribution in [0.3, 0.4) is 0 Å². The summed E-state index contributed by atoms with van der Waals surface area (Å²) in [5, 5.41) is 10.9. The summed E-state index contributed by atoms with van der Waals surface area (Å²) < 4.78 is 1.84. The summed E-state index contributed by atoms with van der Waals surface area (Å²) >= 11 is 1.80. The van der Waals surface area contributed by atoms with E-state index in [2.05, 4.69) is 41.7 Å². The molecule has 1 aliphatic rings. The van der Waals surface area contributed by atoms with Crippen molar-refractivity contribution in [3.8, 4) is 0 Å². The zero-order valence-electron chi connectivity index (χ0n) is 13.7. The molecule has 1 fully saturated rings. The summed E-state index contributed by atoms with van der Waals surface area (Å²) in [5.41, 5.74) is -0.561. The number of carbonyl (C=O) groups is 1. The fourth-order valence-corrected chi connectivity index (χ4v) is 4.25. The van der Waals surface area contributed by atoms with Gasteiger partial charge < -0.3 is 10.6 Å².